The van der Waals surface area contributed by atoms with Crippen molar-refractivity contribution in [1.29, 1.82) is 0 Å². The van der Waals surface area contributed by atoms with E-state index >= 15 is 0 Å². The number of halogens is 1. The molecule has 19 heavy (non-hydrogen) atoms. The van der Waals surface area contributed by atoms with Crippen molar-refractivity contribution in [3.05, 3.63) is 44.2 Å². The van der Waals surface area contributed by atoms with Gasteiger partial charge in [-0.1, -0.05) is 0 Å². The van der Waals surface area contributed by atoms with Crippen LogP contribution in [0.5, 0.6) is 0 Å². The fourth-order valence-corrected chi connectivity index (χ4v) is 1.14. The fourth-order valence-electron chi connectivity index (χ4n) is 1.14. The van der Waals surface area contributed by atoms with E-state index in [0.29, 0.717) is 0 Å². The Bertz CT molecular complexity index is 671. The summed E-state index contributed by atoms with van der Waals surface area (Å²) < 4.78 is 13.0. The van der Waals surface area contributed by atoms with E-state index in [1.165, 1.54) is 4.98 Å². The van der Waals surface area contributed by atoms with E-state index in [1.807, 2.05) is 0 Å². The van der Waals surface area contributed by atoms with Crippen LogP contribution in [0.4, 0.5) is 4.39 Å². The van der Waals surface area contributed by atoms with Crippen LogP contribution in [0.3, 0.4) is 0 Å². The van der Waals surface area contributed by atoms with Crippen molar-refractivity contribution >= 4 is 12.2 Å². The molecule has 1 heterocycles. The first kappa shape index (κ1) is 14.5. The number of nitrogens with one attached hydrogen (secondary N) is 1. The van der Waals surface area contributed by atoms with Gasteiger partial charge in [0, 0.05) is 5.57 Å². The van der Waals surface area contributed by atoms with E-state index in [4.69, 9.17) is 0 Å². The van der Waals surface area contributed by atoms with Gasteiger partial charge in [-0.25, -0.2) is 9.36 Å². The maximum absolute atomic E-state index is 12.9. The summed E-state index contributed by atoms with van der Waals surface area (Å²) in [6.07, 6.45) is -1.77. The number of aliphatic hydroxyl groups is 2. The van der Waals surface area contributed by atoms with E-state index in [-0.39, 0.29) is 22.6 Å². The number of carbonyl (C=O) groups excluding carboxylic acids is 2. The Kier molecular flexibility index (Phi) is 4.12. The van der Waals surface area contributed by atoms with Crippen molar-refractivity contribution < 1.29 is 24.2 Å². The number of aromatic amines is 1. The molecule has 8 nitrogen and oxygen atoms in total. The summed E-state index contributed by atoms with van der Waals surface area (Å²) in [6, 6.07) is 0. The lowest BCUT2D eigenvalue weighted by atomic mass is 10.2. The molecule has 0 aliphatic rings. The lowest BCUT2D eigenvalue weighted by molar-refractivity contribution is -0.105. The van der Waals surface area contributed by atoms with Crippen LogP contribution in [0, 0.1) is 5.82 Å². The molecule has 0 saturated heterocycles. The number of carbonyl (C=O) groups is 2. The Labute approximate surface area is 104 Å². The third-order valence-electron chi connectivity index (χ3n) is 2.21. The minimum Gasteiger partial charge on any atom is -0.509 e. The third kappa shape index (κ3) is 2.83. The summed E-state index contributed by atoms with van der Waals surface area (Å²) in [7, 11) is 0. The van der Waals surface area contributed by atoms with Gasteiger partial charge in [0.2, 0.25) is 5.82 Å². The number of allylic oxidation sites excluding steroid dienone is 1. The fraction of sp³-hybridized carbons (Fsp3) is 0.200. The highest BCUT2D eigenvalue weighted by atomic mass is 19.1. The van der Waals surface area contributed by atoms with Gasteiger partial charge < -0.3 is 10.2 Å². The smallest absolute Gasteiger partial charge is 0.335 e. The maximum atomic E-state index is 12.9. The zero-order chi connectivity index (χ0) is 14.7. The van der Waals surface area contributed by atoms with Gasteiger partial charge in [-0.3, -0.25) is 19.4 Å². The Morgan fingerprint density at radius 2 is 2.11 bits per heavy atom. The molecular formula is C10H9FN2O6. The second-order valence-corrected chi connectivity index (χ2v) is 3.53. The van der Waals surface area contributed by atoms with Crippen LogP contribution in [0.1, 0.15) is 11.7 Å². The summed E-state index contributed by atoms with van der Waals surface area (Å²) >= 11 is 0. The number of rotatable bonds is 3. The molecule has 0 radical (unpaired) electrons. The highest BCUT2D eigenvalue weighted by Crippen LogP contribution is 2.05. The van der Waals surface area contributed by atoms with Crippen LogP contribution < -0.4 is 11.2 Å². The van der Waals surface area contributed by atoms with Crippen molar-refractivity contribution in [1.82, 2.24) is 9.55 Å². The molecule has 0 fully saturated rings. The Morgan fingerprint density at radius 3 is 2.63 bits per heavy atom. The quantitative estimate of drug-likeness (QED) is 0.356. The molecule has 102 valence electrons. The normalized spacial score (nSPS) is 13.6. The standard InChI is InChI=1S/C10H9FN2O6/c1-4(3-14)6(15)7(16)9(18)13-2-5(11)8(17)12-10(13)19/h2-3,7,15-16H,1H3,(H,12,17,19)/b6-4+. The summed E-state index contributed by atoms with van der Waals surface area (Å²) in [5.41, 5.74) is -2.95. The van der Waals surface area contributed by atoms with Crippen LogP contribution in [0.15, 0.2) is 27.1 Å². The zero-order valence-electron chi connectivity index (χ0n) is 9.58. The Hall–Kier alpha value is -2.55. The van der Waals surface area contributed by atoms with Gasteiger partial charge in [0.1, 0.15) is 12.0 Å². The number of aldehydes is 1. The van der Waals surface area contributed by atoms with Crippen LogP contribution in [-0.4, -0.2) is 38.1 Å². The lowest BCUT2D eigenvalue weighted by Gasteiger charge is -2.10. The maximum Gasteiger partial charge on any atom is 0.335 e. The van der Waals surface area contributed by atoms with Gasteiger partial charge in [-0.05, 0) is 6.92 Å². The Balaban J connectivity index is 3.29. The molecular weight excluding hydrogens is 263 g/mol. The molecule has 0 spiro atoms. The highest BCUT2D eigenvalue weighted by Gasteiger charge is 2.24. The van der Waals surface area contributed by atoms with E-state index in [0.717, 1.165) is 6.92 Å². The molecule has 0 aliphatic heterocycles. The van der Waals surface area contributed by atoms with Crippen molar-refractivity contribution in [2.75, 3.05) is 0 Å². The number of hydrogen-bond acceptors (Lipinski definition) is 6. The molecule has 0 bridgehead atoms. The van der Waals surface area contributed by atoms with E-state index < -0.39 is 34.8 Å². The molecule has 0 saturated carbocycles. The molecule has 1 aromatic heterocycles. The van der Waals surface area contributed by atoms with Gasteiger partial charge in [0.15, 0.2) is 6.10 Å². The van der Waals surface area contributed by atoms with Crippen LogP contribution in [0.25, 0.3) is 0 Å². The second kappa shape index (κ2) is 5.40. The summed E-state index contributed by atoms with van der Waals surface area (Å²) in [5, 5.41) is 18.8. The number of H-pyrrole nitrogens is 1. The monoisotopic (exact) mass is 272 g/mol. The van der Waals surface area contributed by atoms with Gasteiger partial charge in [0.05, 0.1) is 6.20 Å². The van der Waals surface area contributed by atoms with Crippen molar-refractivity contribution in [2.45, 2.75) is 13.0 Å². The van der Waals surface area contributed by atoms with Gasteiger partial charge in [-0.15, -0.1) is 0 Å². The topological polar surface area (TPSA) is 129 Å². The number of hydrogen-bond donors (Lipinski definition) is 3. The summed E-state index contributed by atoms with van der Waals surface area (Å²) in [4.78, 5) is 45.5. The van der Waals surface area contributed by atoms with Gasteiger partial charge >= 0.3 is 5.69 Å². The number of aromatic nitrogens is 2. The van der Waals surface area contributed by atoms with Gasteiger partial charge in [0.25, 0.3) is 11.5 Å². The first-order valence-electron chi connectivity index (χ1n) is 4.88. The van der Waals surface area contributed by atoms with Gasteiger partial charge in [-0.2, -0.15) is 4.39 Å². The van der Waals surface area contributed by atoms with E-state index in [9.17, 15) is 33.8 Å². The molecule has 1 atom stereocenters. The second-order valence-electron chi connectivity index (χ2n) is 3.53. The van der Waals surface area contributed by atoms with Crippen molar-refractivity contribution in [3.63, 3.8) is 0 Å². The first-order valence-corrected chi connectivity index (χ1v) is 4.88. The molecule has 9 heteroatoms. The van der Waals surface area contributed by atoms with E-state index in [1.54, 1.807) is 0 Å². The zero-order valence-corrected chi connectivity index (χ0v) is 9.58. The minimum atomic E-state index is -2.23. The molecule has 1 unspecified atom stereocenters. The number of aliphatic hydroxyl groups excluding tert-OH is 2. The molecule has 0 amide bonds. The molecule has 0 aromatic carbocycles. The molecule has 1 aromatic rings. The predicted molar refractivity (Wildman–Crippen MR) is 59.3 cm³/mol. The number of nitrogens with zero attached hydrogens (tertiary/aromatic N) is 1. The molecule has 3 N–H and O–H groups in total. The van der Waals surface area contributed by atoms with Crippen molar-refractivity contribution in [3.8, 4) is 0 Å². The first-order chi connectivity index (χ1) is 8.79. The lowest BCUT2D eigenvalue weighted by Crippen LogP contribution is -2.40. The summed E-state index contributed by atoms with van der Waals surface area (Å²) in [6.45, 7) is 1.12. The van der Waals surface area contributed by atoms with Crippen LogP contribution in [-0.2, 0) is 4.79 Å². The Morgan fingerprint density at radius 1 is 1.53 bits per heavy atom. The van der Waals surface area contributed by atoms with Crippen LogP contribution >= 0.6 is 0 Å². The SMILES string of the molecule is C/C(C=O)=C(\O)C(O)C(=O)n1cc(F)c(=O)[nH]c1=O. The van der Waals surface area contributed by atoms with Crippen LogP contribution in [0.2, 0.25) is 0 Å². The summed E-state index contributed by atoms with van der Waals surface area (Å²) in [5.74, 6) is -3.81. The average molecular weight is 272 g/mol. The minimum absolute atomic E-state index is 0.0791. The molecule has 0 aliphatic carbocycles. The third-order valence-corrected chi connectivity index (χ3v) is 2.21. The largest absolute Gasteiger partial charge is 0.509 e. The highest BCUT2D eigenvalue weighted by molar-refractivity contribution is 5.87. The predicted octanol–water partition coefficient (Wildman–Crippen LogP) is -1.29. The van der Waals surface area contributed by atoms with E-state index in [2.05, 4.69) is 0 Å². The van der Waals surface area contributed by atoms with Crippen molar-refractivity contribution in [2.24, 2.45) is 0 Å². The molecule has 1 rings (SSSR count). The average Bonchev–Trinajstić information content (AvgIpc) is 2.39.